The van der Waals surface area contributed by atoms with E-state index in [0.29, 0.717) is 17.9 Å². The second kappa shape index (κ2) is 2.56. The fraction of sp³-hybridized carbons (Fsp3) is 0.700. The number of amides is 1. The smallest absolute Gasteiger partial charge is 0.341 e. The Morgan fingerprint density at radius 1 is 1.25 bits per heavy atom. The van der Waals surface area contributed by atoms with Crippen LogP contribution in [0.25, 0.3) is 0 Å². The average molecular weight is 220 g/mol. The van der Waals surface area contributed by atoms with E-state index in [1.54, 1.807) is 0 Å². The molecule has 1 heterocycles. The van der Waals surface area contributed by atoms with E-state index in [4.69, 9.17) is 0 Å². The highest BCUT2D eigenvalue weighted by Gasteiger charge is 2.67. The highest BCUT2D eigenvalue weighted by Crippen LogP contribution is 2.69. The maximum Gasteiger partial charge on any atom is 0.341 e. The summed E-state index contributed by atoms with van der Waals surface area (Å²) >= 11 is 0. The summed E-state index contributed by atoms with van der Waals surface area (Å²) in [6, 6.07) is 0.322. The molecule has 3 fully saturated rings. The lowest BCUT2D eigenvalue weighted by Crippen LogP contribution is -2.38. The number of nitrogens with zero attached hydrogens (tertiary/aromatic N) is 1. The van der Waals surface area contributed by atoms with Crippen molar-refractivity contribution in [1.82, 2.24) is 20.5 Å². The third-order valence-electron chi connectivity index (χ3n) is 4.27. The van der Waals surface area contributed by atoms with Gasteiger partial charge >= 0.3 is 5.69 Å². The molecule has 1 aromatic rings. The van der Waals surface area contributed by atoms with Gasteiger partial charge < -0.3 is 5.32 Å². The van der Waals surface area contributed by atoms with Gasteiger partial charge in [0.05, 0.1) is 0 Å². The SMILES string of the molecule is O=C(NC1[C@@H]2C[C@@H]2[C@H]2C[C@@H]12)c1n[nH]c(=O)[nH]1. The maximum absolute atomic E-state index is 11.8. The molecule has 16 heavy (non-hydrogen) atoms. The molecule has 3 aliphatic carbocycles. The molecule has 0 bridgehead atoms. The van der Waals surface area contributed by atoms with E-state index in [-0.39, 0.29) is 11.7 Å². The van der Waals surface area contributed by atoms with Gasteiger partial charge in [0.1, 0.15) is 0 Å². The highest BCUT2D eigenvalue weighted by molar-refractivity contribution is 5.90. The number of fused-ring (bicyclic) bond motifs is 3. The van der Waals surface area contributed by atoms with Crippen molar-refractivity contribution in [1.29, 1.82) is 0 Å². The fourth-order valence-electron chi connectivity index (χ4n) is 3.41. The van der Waals surface area contributed by atoms with Gasteiger partial charge in [-0.05, 0) is 36.5 Å². The van der Waals surface area contributed by atoms with Crippen LogP contribution in [0, 0.1) is 23.7 Å². The normalized spacial score (nSPS) is 42.4. The van der Waals surface area contributed by atoms with Crippen molar-refractivity contribution in [3.63, 3.8) is 0 Å². The van der Waals surface area contributed by atoms with E-state index in [1.165, 1.54) is 12.8 Å². The molecule has 1 aromatic heterocycles. The number of aromatic amines is 2. The van der Waals surface area contributed by atoms with Gasteiger partial charge in [-0.25, -0.2) is 9.89 Å². The van der Waals surface area contributed by atoms with Crippen LogP contribution >= 0.6 is 0 Å². The van der Waals surface area contributed by atoms with Crippen LogP contribution in [-0.2, 0) is 0 Å². The van der Waals surface area contributed by atoms with Crippen molar-refractivity contribution in [2.24, 2.45) is 23.7 Å². The first-order valence-electron chi connectivity index (χ1n) is 5.69. The summed E-state index contributed by atoms with van der Waals surface area (Å²) in [6.07, 6.45) is 2.53. The lowest BCUT2D eigenvalue weighted by Gasteiger charge is -2.14. The molecular formula is C10H12N4O2. The minimum Gasteiger partial charge on any atom is -0.346 e. The molecule has 1 amide bonds. The van der Waals surface area contributed by atoms with Crippen molar-refractivity contribution < 1.29 is 4.79 Å². The minimum atomic E-state index is -0.440. The van der Waals surface area contributed by atoms with Gasteiger partial charge in [-0.15, -0.1) is 5.10 Å². The highest BCUT2D eigenvalue weighted by atomic mass is 16.2. The second-order valence-electron chi connectivity index (χ2n) is 5.15. The number of H-pyrrole nitrogens is 2. The topological polar surface area (TPSA) is 90.6 Å². The summed E-state index contributed by atoms with van der Waals surface area (Å²) in [4.78, 5) is 25.0. The monoisotopic (exact) mass is 220 g/mol. The molecule has 3 N–H and O–H groups in total. The molecule has 3 aliphatic rings. The quantitative estimate of drug-likeness (QED) is 0.626. The van der Waals surface area contributed by atoms with Gasteiger partial charge in [-0.3, -0.25) is 9.78 Å². The van der Waals surface area contributed by atoms with Crippen molar-refractivity contribution in [3.05, 3.63) is 16.3 Å². The predicted octanol–water partition coefficient (Wildman–Crippen LogP) is -0.518. The molecule has 0 aromatic carbocycles. The first-order chi connectivity index (χ1) is 7.74. The lowest BCUT2D eigenvalue weighted by atomic mass is 10.1. The number of rotatable bonds is 2. The van der Waals surface area contributed by atoms with Crippen LogP contribution < -0.4 is 11.0 Å². The molecule has 6 nitrogen and oxygen atoms in total. The van der Waals surface area contributed by atoms with E-state index in [2.05, 4.69) is 20.5 Å². The zero-order valence-corrected chi connectivity index (χ0v) is 8.56. The third-order valence-corrected chi connectivity index (χ3v) is 4.27. The molecule has 3 saturated carbocycles. The Morgan fingerprint density at radius 3 is 2.50 bits per heavy atom. The van der Waals surface area contributed by atoms with Gasteiger partial charge in [-0.2, -0.15) is 0 Å². The maximum atomic E-state index is 11.8. The van der Waals surface area contributed by atoms with Crippen LogP contribution in [0.5, 0.6) is 0 Å². The standard InChI is InChI=1S/C10H12N4O2/c15-9(8-12-10(16)14-13-8)11-7-5-1-3(5)4-2-6(4)7/h3-7H,1-2H2,(H,11,15)(H2,12,13,14,16)/t3-,4-,5-,6-/m1/s1. The summed E-state index contributed by atoms with van der Waals surface area (Å²) in [7, 11) is 0. The van der Waals surface area contributed by atoms with E-state index in [1.807, 2.05) is 0 Å². The van der Waals surface area contributed by atoms with Crippen LogP contribution in [0.2, 0.25) is 0 Å². The zero-order chi connectivity index (χ0) is 10.9. The number of hydrogen-bond acceptors (Lipinski definition) is 3. The van der Waals surface area contributed by atoms with Crippen LogP contribution in [0.3, 0.4) is 0 Å². The van der Waals surface area contributed by atoms with E-state index >= 15 is 0 Å². The van der Waals surface area contributed by atoms with Gasteiger partial charge in [0, 0.05) is 6.04 Å². The number of nitrogens with one attached hydrogen (secondary N) is 3. The predicted molar refractivity (Wildman–Crippen MR) is 53.7 cm³/mol. The van der Waals surface area contributed by atoms with Crippen molar-refractivity contribution in [3.8, 4) is 0 Å². The summed E-state index contributed by atoms with van der Waals surface area (Å²) in [5.74, 6) is 2.95. The molecular weight excluding hydrogens is 208 g/mol. The van der Waals surface area contributed by atoms with E-state index < -0.39 is 5.69 Å². The summed E-state index contributed by atoms with van der Waals surface area (Å²) in [6.45, 7) is 0. The first kappa shape index (κ1) is 8.55. The van der Waals surface area contributed by atoms with E-state index in [9.17, 15) is 9.59 Å². The molecule has 6 heteroatoms. The summed E-state index contributed by atoms with van der Waals surface area (Å²) in [5.41, 5.74) is -0.440. The number of hydrogen-bond donors (Lipinski definition) is 3. The molecule has 0 unspecified atom stereocenters. The Labute approximate surface area is 90.8 Å². The molecule has 4 atom stereocenters. The Bertz CT molecular complexity index is 503. The Morgan fingerprint density at radius 2 is 1.94 bits per heavy atom. The largest absolute Gasteiger partial charge is 0.346 e. The van der Waals surface area contributed by atoms with Gasteiger partial charge in [0.15, 0.2) is 0 Å². The van der Waals surface area contributed by atoms with Crippen LogP contribution in [0.4, 0.5) is 0 Å². The Balaban J connectivity index is 1.51. The zero-order valence-electron chi connectivity index (χ0n) is 8.56. The van der Waals surface area contributed by atoms with Crippen molar-refractivity contribution in [2.75, 3.05) is 0 Å². The summed E-state index contributed by atoms with van der Waals surface area (Å²) in [5, 5.41) is 8.83. The molecule has 0 aliphatic heterocycles. The van der Waals surface area contributed by atoms with Crippen LogP contribution in [0.15, 0.2) is 4.79 Å². The van der Waals surface area contributed by atoms with Gasteiger partial charge in [0.25, 0.3) is 5.91 Å². The molecule has 0 saturated heterocycles. The lowest BCUT2D eigenvalue weighted by molar-refractivity contribution is 0.0918. The second-order valence-corrected chi connectivity index (χ2v) is 5.15. The van der Waals surface area contributed by atoms with Crippen LogP contribution in [0.1, 0.15) is 23.5 Å². The third kappa shape index (κ3) is 1.04. The molecule has 0 spiro atoms. The average Bonchev–Trinajstić information content (AvgIpc) is 3.13. The van der Waals surface area contributed by atoms with Gasteiger partial charge in [0.2, 0.25) is 5.82 Å². The Kier molecular flexibility index (Phi) is 1.37. The number of aromatic nitrogens is 3. The molecule has 0 radical (unpaired) electrons. The fourth-order valence-corrected chi connectivity index (χ4v) is 3.41. The van der Waals surface area contributed by atoms with Crippen molar-refractivity contribution in [2.45, 2.75) is 18.9 Å². The van der Waals surface area contributed by atoms with E-state index in [0.717, 1.165) is 11.8 Å². The summed E-state index contributed by atoms with van der Waals surface area (Å²) < 4.78 is 0. The van der Waals surface area contributed by atoms with Crippen LogP contribution in [-0.4, -0.2) is 27.1 Å². The minimum absolute atomic E-state index is 0.0892. The van der Waals surface area contributed by atoms with Gasteiger partial charge in [-0.1, -0.05) is 0 Å². The number of carbonyl (C=O) groups is 1. The molecule has 4 rings (SSSR count). The number of carbonyl (C=O) groups excluding carboxylic acids is 1. The Hall–Kier alpha value is -1.59. The van der Waals surface area contributed by atoms with Crippen molar-refractivity contribution >= 4 is 5.91 Å². The molecule has 84 valence electrons. The first-order valence-corrected chi connectivity index (χ1v) is 5.69.